The van der Waals surface area contributed by atoms with Crippen molar-refractivity contribution in [1.29, 1.82) is 0 Å². The topological polar surface area (TPSA) is 66.8 Å². The van der Waals surface area contributed by atoms with Crippen molar-refractivity contribution in [2.45, 2.75) is 18.4 Å². The lowest BCUT2D eigenvalue weighted by Crippen LogP contribution is -2.49. The summed E-state index contributed by atoms with van der Waals surface area (Å²) in [7, 11) is 0. The second-order valence-electron chi connectivity index (χ2n) is 5.60. The molecule has 1 saturated heterocycles. The summed E-state index contributed by atoms with van der Waals surface area (Å²) in [4.78, 5) is 24.7. The van der Waals surface area contributed by atoms with Crippen molar-refractivity contribution in [1.82, 2.24) is 4.90 Å². The van der Waals surface area contributed by atoms with E-state index in [1.807, 2.05) is 0 Å². The third-order valence-corrected chi connectivity index (χ3v) is 4.12. The van der Waals surface area contributed by atoms with Crippen LogP contribution in [0, 0.1) is 17.6 Å². The first kappa shape index (κ1) is 14.9. The smallest absolute Gasteiger partial charge is 0.334 e. The minimum Gasteiger partial charge on any atom is -0.479 e. The van der Waals surface area contributed by atoms with E-state index in [9.17, 15) is 18.4 Å². The van der Waals surface area contributed by atoms with Crippen LogP contribution in [0.5, 0.6) is 0 Å². The normalized spacial score (nSPS) is 27.5. The molecule has 0 spiro atoms. The summed E-state index contributed by atoms with van der Waals surface area (Å²) in [6.45, 7) is 0.506. The van der Waals surface area contributed by atoms with Crippen LogP contribution in [0.4, 0.5) is 8.78 Å². The van der Waals surface area contributed by atoms with Gasteiger partial charge < -0.3 is 14.7 Å². The van der Waals surface area contributed by atoms with Crippen LogP contribution < -0.4 is 0 Å². The number of carbonyl (C=O) groups is 2. The number of amides is 1. The molecule has 0 aromatic heterocycles. The standard InChI is InChI=1S/C15H15F2NO4/c16-8-1-2-9(12(17)5-8)10-6-11(10)14(19)18-3-4-22-13(7-18)15(20)21/h1-2,5,10-11,13H,3-4,6-7H2,(H,20,21)/t10-,11+,13+/m1/s1. The fourth-order valence-electron chi connectivity index (χ4n) is 2.85. The summed E-state index contributed by atoms with van der Waals surface area (Å²) in [6.07, 6.45) is -0.520. The average molecular weight is 311 g/mol. The van der Waals surface area contributed by atoms with Crippen molar-refractivity contribution in [3.63, 3.8) is 0 Å². The maximum atomic E-state index is 13.7. The van der Waals surface area contributed by atoms with Crippen LogP contribution in [0.15, 0.2) is 18.2 Å². The van der Waals surface area contributed by atoms with E-state index < -0.39 is 23.7 Å². The van der Waals surface area contributed by atoms with E-state index >= 15 is 0 Å². The maximum Gasteiger partial charge on any atom is 0.334 e. The Morgan fingerprint density at radius 3 is 2.77 bits per heavy atom. The van der Waals surface area contributed by atoms with Crippen molar-refractivity contribution in [2.75, 3.05) is 19.7 Å². The number of carboxylic acid groups (broad SMARTS) is 1. The molecule has 5 nitrogen and oxygen atoms in total. The molecule has 1 aliphatic heterocycles. The third kappa shape index (κ3) is 2.81. The van der Waals surface area contributed by atoms with Gasteiger partial charge in [0, 0.05) is 18.5 Å². The zero-order valence-electron chi connectivity index (χ0n) is 11.7. The van der Waals surface area contributed by atoms with Crippen molar-refractivity contribution < 1.29 is 28.2 Å². The number of aliphatic carboxylic acids is 1. The number of morpholine rings is 1. The highest BCUT2D eigenvalue weighted by molar-refractivity contribution is 5.84. The van der Waals surface area contributed by atoms with E-state index in [1.165, 1.54) is 17.0 Å². The molecule has 7 heteroatoms. The van der Waals surface area contributed by atoms with Gasteiger partial charge in [-0.1, -0.05) is 6.07 Å². The van der Waals surface area contributed by atoms with Crippen LogP contribution in [0.25, 0.3) is 0 Å². The Labute approximate surface area is 125 Å². The van der Waals surface area contributed by atoms with Gasteiger partial charge in [0.1, 0.15) is 11.6 Å². The lowest BCUT2D eigenvalue weighted by Gasteiger charge is -2.31. The van der Waals surface area contributed by atoms with Crippen molar-refractivity contribution >= 4 is 11.9 Å². The summed E-state index contributed by atoms with van der Waals surface area (Å²) in [5.74, 6) is -3.22. The maximum absolute atomic E-state index is 13.7. The molecule has 1 aromatic carbocycles. The summed E-state index contributed by atoms with van der Waals surface area (Å²) in [5.41, 5.74) is 0.336. The molecule has 3 atom stereocenters. The second-order valence-corrected chi connectivity index (χ2v) is 5.60. The summed E-state index contributed by atoms with van der Waals surface area (Å²) < 4.78 is 31.7. The highest BCUT2D eigenvalue weighted by Gasteiger charge is 2.47. The number of hydrogen-bond donors (Lipinski definition) is 1. The molecular formula is C15H15F2NO4. The molecular weight excluding hydrogens is 296 g/mol. The van der Waals surface area contributed by atoms with Crippen LogP contribution in [0.1, 0.15) is 17.9 Å². The molecule has 1 amide bonds. The quantitative estimate of drug-likeness (QED) is 0.916. The fraction of sp³-hybridized carbons (Fsp3) is 0.467. The Balaban J connectivity index is 1.66. The number of hydrogen-bond acceptors (Lipinski definition) is 3. The minimum atomic E-state index is -1.10. The molecule has 118 valence electrons. The van der Waals surface area contributed by atoms with E-state index in [0.29, 0.717) is 18.5 Å². The highest BCUT2D eigenvalue weighted by Crippen LogP contribution is 2.49. The van der Waals surface area contributed by atoms with Crippen LogP contribution in [0.3, 0.4) is 0 Å². The predicted octanol–water partition coefficient (Wildman–Crippen LogP) is 1.38. The zero-order chi connectivity index (χ0) is 15.9. The molecule has 22 heavy (non-hydrogen) atoms. The van der Waals surface area contributed by atoms with Crippen LogP contribution in [-0.2, 0) is 14.3 Å². The van der Waals surface area contributed by atoms with Gasteiger partial charge in [-0.25, -0.2) is 13.6 Å². The van der Waals surface area contributed by atoms with Crippen LogP contribution in [-0.4, -0.2) is 47.7 Å². The Kier molecular flexibility index (Phi) is 3.82. The van der Waals surface area contributed by atoms with Gasteiger partial charge >= 0.3 is 5.97 Å². The molecule has 1 aromatic rings. The monoisotopic (exact) mass is 311 g/mol. The molecule has 1 aliphatic carbocycles. The third-order valence-electron chi connectivity index (χ3n) is 4.12. The zero-order valence-corrected chi connectivity index (χ0v) is 11.7. The van der Waals surface area contributed by atoms with Gasteiger partial charge in [-0.2, -0.15) is 0 Å². The average Bonchev–Trinajstić information content (AvgIpc) is 3.27. The van der Waals surface area contributed by atoms with Gasteiger partial charge in [-0.05, 0) is 24.0 Å². The van der Waals surface area contributed by atoms with Gasteiger partial charge in [-0.15, -0.1) is 0 Å². The van der Waals surface area contributed by atoms with Gasteiger partial charge in [-0.3, -0.25) is 4.79 Å². The lowest BCUT2D eigenvalue weighted by atomic mass is 10.1. The molecule has 2 aliphatic rings. The summed E-state index contributed by atoms with van der Waals surface area (Å²) >= 11 is 0. The first-order valence-corrected chi connectivity index (χ1v) is 7.05. The van der Waals surface area contributed by atoms with Gasteiger partial charge in [0.15, 0.2) is 6.10 Å². The highest BCUT2D eigenvalue weighted by atomic mass is 19.1. The molecule has 0 radical (unpaired) electrons. The fourth-order valence-corrected chi connectivity index (χ4v) is 2.85. The Bertz CT molecular complexity index is 622. The Hall–Kier alpha value is -2.02. The molecule has 1 heterocycles. The molecule has 1 saturated carbocycles. The predicted molar refractivity (Wildman–Crippen MR) is 71.2 cm³/mol. The number of nitrogens with zero attached hydrogens (tertiary/aromatic N) is 1. The molecule has 3 rings (SSSR count). The van der Waals surface area contributed by atoms with Crippen molar-refractivity contribution in [3.05, 3.63) is 35.4 Å². The van der Waals surface area contributed by atoms with Crippen LogP contribution in [0.2, 0.25) is 0 Å². The first-order valence-electron chi connectivity index (χ1n) is 7.05. The second kappa shape index (κ2) is 5.64. The van der Waals surface area contributed by atoms with Gasteiger partial charge in [0.25, 0.3) is 0 Å². The lowest BCUT2D eigenvalue weighted by molar-refractivity contribution is -0.159. The van der Waals surface area contributed by atoms with Crippen molar-refractivity contribution in [2.24, 2.45) is 5.92 Å². The number of ether oxygens (including phenoxy) is 1. The van der Waals surface area contributed by atoms with Crippen LogP contribution >= 0.6 is 0 Å². The summed E-state index contributed by atoms with van der Waals surface area (Å²) in [6, 6.07) is 3.35. The van der Waals surface area contributed by atoms with E-state index in [1.54, 1.807) is 0 Å². The van der Waals surface area contributed by atoms with Crippen molar-refractivity contribution in [3.8, 4) is 0 Å². The minimum absolute atomic E-state index is 0.00326. The van der Waals surface area contributed by atoms with Gasteiger partial charge in [0.2, 0.25) is 5.91 Å². The van der Waals surface area contributed by atoms with E-state index in [0.717, 1.165) is 6.07 Å². The molecule has 0 bridgehead atoms. The molecule has 1 N–H and O–H groups in total. The number of carboxylic acids is 1. The number of rotatable bonds is 3. The van der Waals surface area contributed by atoms with E-state index in [4.69, 9.17) is 9.84 Å². The first-order chi connectivity index (χ1) is 10.5. The van der Waals surface area contributed by atoms with Gasteiger partial charge in [0.05, 0.1) is 13.2 Å². The number of carbonyl (C=O) groups excluding carboxylic acids is 1. The Morgan fingerprint density at radius 2 is 2.09 bits per heavy atom. The molecule has 0 unspecified atom stereocenters. The van der Waals surface area contributed by atoms with E-state index in [-0.39, 0.29) is 30.9 Å². The molecule has 2 fully saturated rings. The van der Waals surface area contributed by atoms with E-state index in [2.05, 4.69) is 0 Å². The summed E-state index contributed by atoms with van der Waals surface area (Å²) in [5, 5.41) is 8.94. The largest absolute Gasteiger partial charge is 0.479 e. The number of benzene rings is 1. The SMILES string of the molecule is O=C(O)[C@@H]1CN(C(=O)[C@H]2C[C@@H]2c2ccc(F)cc2F)CCO1. The number of halogens is 2. The Morgan fingerprint density at radius 1 is 1.32 bits per heavy atom.